The normalized spacial score (nSPS) is 14.9. The number of carbonyl (C=O) groups is 2. The van der Waals surface area contributed by atoms with Gasteiger partial charge < -0.3 is 20.3 Å². The van der Waals surface area contributed by atoms with Crippen LogP contribution in [-0.4, -0.2) is 52.9 Å². The first-order chi connectivity index (χ1) is 13.5. The van der Waals surface area contributed by atoms with Crippen LogP contribution in [-0.2, 0) is 11.4 Å². The molecule has 2 heterocycles. The summed E-state index contributed by atoms with van der Waals surface area (Å²) in [6, 6.07) is 7.13. The highest BCUT2D eigenvalue weighted by Crippen LogP contribution is 2.16. The number of hydrogen-bond acceptors (Lipinski definition) is 5. The van der Waals surface area contributed by atoms with Crippen molar-refractivity contribution >= 4 is 29.4 Å². The first kappa shape index (κ1) is 19.9. The molecular weight excluding hydrogens is 376 g/mol. The molecule has 1 aromatic heterocycles. The molecule has 1 fully saturated rings. The summed E-state index contributed by atoms with van der Waals surface area (Å²) in [6.07, 6.45) is 4.08. The Morgan fingerprint density at radius 2 is 1.89 bits per heavy atom. The van der Waals surface area contributed by atoms with E-state index in [9.17, 15) is 9.59 Å². The highest BCUT2D eigenvalue weighted by atomic mass is 32.1. The summed E-state index contributed by atoms with van der Waals surface area (Å²) in [7, 11) is 0. The molecule has 1 saturated heterocycles. The molecule has 8 heteroatoms. The standard InChI is InChI=1S/C20H24N4O3S/c1-15-22-17(14-28-15)13-27-18-6-3-16(4-7-18)5-8-19(25)23-9-2-10-24(12-11-23)20(21)26/h3-8,14H,2,9-13H2,1H3,(H2,21,26)/b8-5+. The van der Waals surface area contributed by atoms with Crippen molar-refractivity contribution in [1.82, 2.24) is 14.8 Å². The molecule has 0 spiro atoms. The van der Waals surface area contributed by atoms with Gasteiger partial charge in [-0.3, -0.25) is 4.79 Å². The average molecular weight is 401 g/mol. The largest absolute Gasteiger partial charge is 0.487 e. The third-order valence-corrected chi connectivity index (χ3v) is 5.29. The number of urea groups is 1. The zero-order valence-corrected chi connectivity index (χ0v) is 16.7. The molecule has 0 atom stereocenters. The summed E-state index contributed by atoms with van der Waals surface area (Å²) in [4.78, 5) is 31.4. The zero-order valence-electron chi connectivity index (χ0n) is 15.8. The predicted octanol–water partition coefficient (Wildman–Crippen LogP) is 2.66. The molecule has 7 nitrogen and oxygen atoms in total. The van der Waals surface area contributed by atoms with E-state index in [1.54, 1.807) is 33.3 Å². The zero-order chi connectivity index (χ0) is 19.9. The number of carbonyl (C=O) groups excluding carboxylic acids is 2. The van der Waals surface area contributed by atoms with Crippen molar-refractivity contribution in [2.75, 3.05) is 26.2 Å². The van der Waals surface area contributed by atoms with Crippen LogP contribution in [0.15, 0.2) is 35.7 Å². The second kappa shape index (κ2) is 9.36. The maximum atomic E-state index is 12.4. The Kier molecular flexibility index (Phi) is 6.65. The van der Waals surface area contributed by atoms with E-state index in [4.69, 9.17) is 10.5 Å². The number of ether oxygens (including phenoxy) is 1. The first-order valence-electron chi connectivity index (χ1n) is 9.16. The van der Waals surface area contributed by atoms with Gasteiger partial charge in [0, 0.05) is 37.6 Å². The monoisotopic (exact) mass is 400 g/mol. The lowest BCUT2D eigenvalue weighted by atomic mass is 10.2. The van der Waals surface area contributed by atoms with Crippen LogP contribution in [0.5, 0.6) is 5.75 Å². The van der Waals surface area contributed by atoms with Crippen LogP contribution in [0.1, 0.15) is 22.7 Å². The van der Waals surface area contributed by atoms with Gasteiger partial charge in [0.15, 0.2) is 0 Å². The molecule has 28 heavy (non-hydrogen) atoms. The van der Waals surface area contributed by atoms with Crippen LogP contribution < -0.4 is 10.5 Å². The molecule has 148 valence electrons. The lowest BCUT2D eigenvalue weighted by Gasteiger charge is -2.19. The number of hydrogen-bond donors (Lipinski definition) is 1. The van der Waals surface area contributed by atoms with Gasteiger partial charge in [-0.25, -0.2) is 9.78 Å². The summed E-state index contributed by atoms with van der Waals surface area (Å²) in [5, 5.41) is 3.01. The van der Waals surface area contributed by atoms with Gasteiger partial charge in [0.2, 0.25) is 5.91 Å². The molecule has 0 aliphatic carbocycles. The molecule has 1 aliphatic rings. The summed E-state index contributed by atoms with van der Waals surface area (Å²) in [5.41, 5.74) is 7.15. The van der Waals surface area contributed by atoms with Crippen molar-refractivity contribution in [3.63, 3.8) is 0 Å². The first-order valence-corrected chi connectivity index (χ1v) is 10.0. The van der Waals surface area contributed by atoms with Crippen molar-refractivity contribution in [2.45, 2.75) is 20.0 Å². The number of aryl methyl sites for hydroxylation is 1. The Bertz CT molecular complexity index is 847. The van der Waals surface area contributed by atoms with Crippen LogP contribution in [0.2, 0.25) is 0 Å². The fraction of sp³-hybridized carbons (Fsp3) is 0.350. The predicted molar refractivity (Wildman–Crippen MR) is 109 cm³/mol. The topological polar surface area (TPSA) is 88.8 Å². The molecule has 3 rings (SSSR count). The minimum Gasteiger partial charge on any atom is -0.487 e. The van der Waals surface area contributed by atoms with Crippen LogP contribution in [0.4, 0.5) is 4.79 Å². The maximum absolute atomic E-state index is 12.4. The molecule has 2 aromatic rings. The molecule has 2 N–H and O–H groups in total. The highest BCUT2D eigenvalue weighted by molar-refractivity contribution is 7.09. The van der Waals surface area contributed by atoms with Crippen molar-refractivity contribution in [3.05, 3.63) is 52.0 Å². The number of nitrogens with two attached hydrogens (primary N) is 1. The second-order valence-corrected chi connectivity index (χ2v) is 7.62. The van der Waals surface area contributed by atoms with Gasteiger partial charge in [-0.1, -0.05) is 12.1 Å². The van der Waals surface area contributed by atoms with Crippen molar-refractivity contribution in [3.8, 4) is 5.75 Å². The van der Waals surface area contributed by atoms with Gasteiger partial charge in [0.05, 0.1) is 10.7 Å². The Balaban J connectivity index is 1.50. The molecule has 0 unspecified atom stereocenters. The van der Waals surface area contributed by atoms with E-state index in [1.165, 1.54) is 0 Å². The molecule has 1 aromatic carbocycles. The lowest BCUT2D eigenvalue weighted by Crippen LogP contribution is -2.39. The van der Waals surface area contributed by atoms with Crippen LogP contribution >= 0.6 is 11.3 Å². The van der Waals surface area contributed by atoms with Gasteiger partial charge in [-0.05, 0) is 37.1 Å². The van der Waals surface area contributed by atoms with Gasteiger partial charge in [-0.2, -0.15) is 0 Å². The Morgan fingerprint density at radius 1 is 1.18 bits per heavy atom. The number of rotatable bonds is 5. The summed E-state index contributed by atoms with van der Waals surface area (Å²) < 4.78 is 5.73. The number of nitrogens with zero attached hydrogens (tertiary/aromatic N) is 3. The fourth-order valence-corrected chi connectivity index (χ4v) is 3.54. The third kappa shape index (κ3) is 5.56. The van der Waals surface area contributed by atoms with E-state index in [1.807, 2.05) is 36.6 Å². The van der Waals surface area contributed by atoms with Gasteiger partial charge >= 0.3 is 6.03 Å². The Hall–Kier alpha value is -2.87. The number of amides is 3. The van der Waals surface area contributed by atoms with Crippen molar-refractivity contribution in [1.29, 1.82) is 0 Å². The van der Waals surface area contributed by atoms with E-state index in [2.05, 4.69) is 4.98 Å². The van der Waals surface area contributed by atoms with E-state index in [0.29, 0.717) is 32.8 Å². The van der Waals surface area contributed by atoms with Gasteiger partial charge in [0.25, 0.3) is 0 Å². The minimum atomic E-state index is -0.433. The molecule has 1 aliphatic heterocycles. The Morgan fingerprint density at radius 3 is 2.57 bits per heavy atom. The highest BCUT2D eigenvalue weighted by Gasteiger charge is 2.19. The molecular formula is C20H24N4O3S. The summed E-state index contributed by atoms with van der Waals surface area (Å²) in [6.45, 7) is 4.58. The SMILES string of the molecule is Cc1nc(COc2ccc(/C=C/C(=O)N3CCCN(C(N)=O)CC3)cc2)cs1. The van der Waals surface area contributed by atoms with Gasteiger partial charge in [-0.15, -0.1) is 11.3 Å². The number of aromatic nitrogens is 1. The Labute approximate surface area is 168 Å². The molecule has 0 radical (unpaired) electrons. The lowest BCUT2D eigenvalue weighted by molar-refractivity contribution is -0.125. The molecule has 0 bridgehead atoms. The molecule has 0 saturated carbocycles. The van der Waals surface area contributed by atoms with E-state index < -0.39 is 6.03 Å². The average Bonchev–Trinajstić information content (AvgIpc) is 2.95. The summed E-state index contributed by atoms with van der Waals surface area (Å²) >= 11 is 1.60. The van der Waals surface area contributed by atoms with E-state index in [0.717, 1.165) is 28.4 Å². The van der Waals surface area contributed by atoms with Crippen LogP contribution in [0, 0.1) is 6.92 Å². The van der Waals surface area contributed by atoms with E-state index in [-0.39, 0.29) is 5.91 Å². The maximum Gasteiger partial charge on any atom is 0.314 e. The quantitative estimate of drug-likeness (QED) is 0.782. The van der Waals surface area contributed by atoms with Crippen LogP contribution in [0.25, 0.3) is 6.08 Å². The second-order valence-electron chi connectivity index (χ2n) is 6.55. The third-order valence-electron chi connectivity index (χ3n) is 4.47. The van der Waals surface area contributed by atoms with Crippen LogP contribution in [0.3, 0.4) is 0 Å². The van der Waals surface area contributed by atoms with Gasteiger partial charge in [0.1, 0.15) is 12.4 Å². The number of benzene rings is 1. The summed E-state index contributed by atoms with van der Waals surface area (Å²) in [5.74, 6) is 0.693. The smallest absolute Gasteiger partial charge is 0.314 e. The van der Waals surface area contributed by atoms with Crippen molar-refractivity contribution < 1.29 is 14.3 Å². The van der Waals surface area contributed by atoms with Crippen molar-refractivity contribution in [2.24, 2.45) is 5.73 Å². The fourth-order valence-electron chi connectivity index (χ4n) is 2.94. The molecule has 3 amide bonds. The minimum absolute atomic E-state index is 0.0643. The van der Waals surface area contributed by atoms with E-state index >= 15 is 0 Å². The number of thiazole rings is 1. The number of primary amides is 1.